The van der Waals surface area contributed by atoms with E-state index in [2.05, 4.69) is 141 Å². The van der Waals surface area contributed by atoms with Gasteiger partial charge in [0.1, 0.15) is 6.07 Å². The predicted octanol–water partition coefficient (Wildman–Crippen LogP) is 19.8. The molecule has 0 aliphatic rings. The van der Waals surface area contributed by atoms with Crippen LogP contribution in [0.15, 0.2) is 218 Å². The Bertz CT molecular complexity index is 5290. The van der Waals surface area contributed by atoms with Gasteiger partial charge in [-0.15, -0.1) is 22.7 Å². The summed E-state index contributed by atoms with van der Waals surface area (Å²) in [4.78, 5) is 4.58. The summed E-state index contributed by atoms with van der Waals surface area (Å²) < 4.78 is 45.6. The van der Waals surface area contributed by atoms with Crippen molar-refractivity contribution in [3.05, 3.63) is 235 Å². The molecule has 4 nitrogen and oxygen atoms in total. The van der Waals surface area contributed by atoms with E-state index in [0.717, 1.165) is 106 Å². The molecule has 0 bridgehead atoms. The van der Waals surface area contributed by atoms with Gasteiger partial charge in [0.25, 0.3) is 0 Å². The van der Waals surface area contributed by atoms with Crippen molar-refractivity contribution in [2.75, 3.05) is 0 Å². The Morgan fingerprint density at radius 3 is 1.55 bits per heavy atom. The minimum atomic E-state index is -0.293. The highest BCUT2D eigenvalue weighted by Crippen LogP contribution is 2.56. The predicted molar refractivity (Wildman–Crippen MR) is 314 cm³/mol. The summed E-state index contributed by atoms with van der Waals surface area (Å²) in [6.07, 6.45) is 0. The highest BCUT2D eigenvalue weighted by Gasteiger charge is 2.34. The number of nitrogens with zero attached hydrogens (tertiary/aromatic N) is 4. The summed E-state index contributed by atoms with van der Waals surface area (Å²) in [6, 6.07) is 68.6. The third-order valence-corrected chi connectivity index (χ3v) is 17.6. The minimum absolute atomic E-state index is 0.103. The molecule has 16 aromatic rings. The third kappa shape index (κ3) is 5.43. The highest BCUT2D eigenvalue weighted by molar-refractivity contribution is 7.27. The molecule has 0 atom stereocenters. The standard InChI is InChI=1S/C68H36N4S2/c1-70-62-57(40-21-7-3-8-22-40)52(38-69)63(58(41-23-9-4-10-24-41)65(62)71-53-31-17-29-46-42-25-11-12-26-43(42)47-30-18-32-54(71)61(47)60(46)53)72-64-49(36-35-48-44-27-13-15-33-55(44)73-67(48)64)59-50(39-19-5-2-6-20-39)37-51-45-28-14-16-34-56(45)74-68(51)66(59)72/h2-37H/i11D,12D,25D,26D. The zero-order valence-electron chi connectivity index (χ0n) is 43.1. The van der Waals surface area contributed by atoms with Crippen LogP contribution in [-0.2, 0) is 0 Å². The molecule has 4 heterocycles. The van der Waals surface area contributed by atoms with Crippen molar-refractivity contribution in [1.29, 1.82) is 5.26 Å². The second-order valence-corrected chi connectivity index (χ2v) is 21.0. The summed E-state index contributed by atoms with van der Waals surface area (Å²) in [7, 11) is 0. The Morgan fingerprint density at radius 1 is 0.446 bits per heavy atom. The summed E-state index contributed by atoms with van der Waals surface area (Å²) in [5, 5.41) is 22.9. The van der Waals surface area contributed by atoms with Gasteiger partial charge in [-0.2, -0.15) is 5.26 Å². The van der Waals surface area contributed by atoms with Crippen molar-refractivity contribution in [3.8, 4) is 50.8 Å². The highest BCUT2D eigenvalue weighted by atomic mass is 32.1. The molecule has 74 heavy (non-hydrogen) atoms. The number of aromatic nitrogens is 2. The Balaban J connectivity index is 1.23. The molecule has 12 aromatic carbocycles. The second-order valence-electron chi connectivity index (χ2n) is 18.9. The van der Waals surface area contributed by atoms with Gasteiger partial charge in [0, 0.05) is 63.6 Å². The van der Waals surface area contributed by atoms with E-state index in [1.807, 2.05) is 72.8 Å². The van der Waals surface area contributed by atoms with E-state index in [-0.39, 0.29) is 24.2 Å². The summed E-state index contributed by atoms with van der Waals surface area (Å²) in [6.45, 7) is 9.51. The van der Waals surface area contributed by atoms with Gasteiger partial charge in [-0.1, -0.05) is 188 Å². The van der Waals surface area contributed by atoms with Crippen LogP contribution in [0, 0.1) is 17.9 Å². The van der Waals surface area contributed by atoms with Crippen molar-refractivity contribution in [2.45, 2.75) is 0 Å². The molecule has 0 N–H and O–H groups in total. The van der Waals surface area contributed by atoms with E-state index in [1.54, 1.807) is 22.7 Å². The average Bonchev–Trinajstić information content (AvgIpc) is 4.11. The van der Waals surface area contributed by atoms with E-state index < -0.39 is 0 Å². The molecule has 16 rings (SSSR count). The molecule has 0 aliphatic heterocycles. The van der Waals surface area contributed by atoms with Gasteiger partial charge in [-0.3, -0.25) is 0 Å². The molecule has 0 unspecified atom stereocenters. The molecule has 0 saturated heterocycles. The summed E-state index contributed by atoms with van der Waals surface area (Å²) >= 11 is 3.51. The second kappa shape index (κ2) is 15.5. The van der Waals surface area contributed by atoms with Gasteiger partial charge < -0.3 is 9.13 Å². The molecule has 0 fully saturated rings. The van der Waals surface area contributed by atoms with E-state index in [0.29, 0.717) is 55.3 Å². The molecule has 340 valence electrons. The molecular weight excluding hydrogens is 937 g/mol. The number of nitriles is 1. The average molecular weight is 977 g/mol. The number of rotatable bonds is 5. The lowest BCUT2D eigenvalue weighted by Gasteiger charge is -2.26. The van der Waals surface area contributed by atoms with Gasteiger partial charge in [0.05, 0.1) is 60.5 Å². The minimum Gasteiger partial charge on any atom is -0.318 e. The van der Waals surface area contributed by atoms with Crippen LogP contribution >= 0.6 is 22.7 Å². The number of hydrogen-bond donors (Lipinski definition) is 0. The van der Waals surface area contributed by atoms with E-state index in [9.17, 15) is 14.6 Å². The van der Waals surface area contributed by atoms with E-state index in [4.69, 9.17) is 2.74 Å². The molecule has 0 spiro atoms. The summed E-state index contributed by atoms with van der Waals surface area (Å²) in [5.74, 6) is 0. The van der Waals surface area contributed by atoms with Gasteiger partial charge in [-0.05, 0) is 74.1 Å². The van der Waals surface area contributed by atoms with Crippen molar-refractivity contribution in [2.24, 2.45) is 0 Å². The number of hydrogen-bond acceptors (Lipinski definition) is 3. The zero-order chi connectivity index (χ0) is 52.2. The number of benzene rings is 12. The first-order valence-electron chi connectivity index (χ1n) is 26.4. The van der Waals surface area contributed by atoms with Crippen LogP contribution in [0.2, 0.25) is 0 Å². The van der Waals surface area contributed by atoms with Crippen LogP contribution in [0.5, 0.6) is 0 Å². The lowest BCUT2D eigenvalue weighted by molar-refractivity contribution is 1.14. The first-order valence-corrected chi connectivity index (χ1v) is 26.1. The maximum atomic E-state index is 12.4. The Labute approximate surface area is 437 Å². The third-order valence-electron chi connectivity index (χ3n) is 15.2. The fraction of sp³-hybridized carbons (Fsp3) is 0. The maximum Gasteiger partial charge on any atom is 0.220 e. The van der Waals surface area contributed by atoms with Gasteiger partial charge >= 0.3 is 0 Å². The van der Waals surface area contributed by atoms with E-state index >= 15 is 0 Å². The largest absolute Gasteiger partial charge is 0.318 e. The molecular formula is C68H36N4S2. The molecule has 0 saturated carbocycles. The maximum absolute atomic E-state index is 12.4. The lowest BCUT2D eigenvalue weighted by Crippen LogP contribution is -2.09. The monoisotopic (exact) mass is 976 g/mol. The Morgan fingerprint density at radius 2 is 0.959 bits per heavy atom. The molecule has 0 aliphatic carbocycles. The fourth-order valence-corrected chi connectivity index (χ4v) is 14.8. The van der Waals surface area contributed by atoms with Crippen molar-refractivity contribution in [3.63, 3.8) is 0 Å². The van der Waals surface area contributed by atoms with Crippen LogP contribution in [-0.4, -0.2) is 9.13 Å². The molecule has 0 radical (unpaired) electrons. The summed E-state index contributed by atoms with van der Waals surface area (Å²) in [5.41, 5.74) is 10.2. The van der Waals surface area contributed by atoms with Gasteiger partial charge in [-0.25, -0.2) is 4.85 Å². The van der Waals surface area contributed by atoms with Gasteiger partial charge in [0.15, 0.2) is 0 Å². The van der Waals surface area contributed by atoms with E-state index in [1.165, 1.54) is 0 Å². The quantitative estimate of drug-likeness (QED) is 0.125. The smallest absolute Gasteiger partial charge is 0.220 e. The van der Waals surface area contributed by atoms with Crippen molar-refractivity contribution in [1.82, 2.24) is 9.13 Å². The lowest BCUT2D eigenvalue weighted by atomic mass is 9.88. The van der Waals surface area contributed by atoms with Crippen LogP contribution < -0.4 is 0 Å². The van der Waals surface area contributed by atoms with Crippen molar-refractivity contribution >= 4 is 134 Å². The number of thiophene rings is 2. The zero-order valence-corrected chi connectivity index (χ0v) is 40.7. The van der Waals surface area contributed by atoms with Crippen LogP contribution in [0.25, 0.3) is 155 Å². The molecule has 6 heteroatoms. The van der Waals surface area contributed by atoms with Crippen LogP contribution in [0.1, 0.15) is 11.0 Å². The van der Waals surface area contributed by atoms with Crippen molar-refractivity contribution < 1.29 is 5.48 Å². The first-order chi connectivity index (χ1) is 38.4. The Kier molecular flexibility index (Phi) is 7.79. The topological polar surface area (TPSA) is 38.0 Å². The molecule has 0 amide bonds. The number of fused-ring (bicyclic) bond motifs is 14. The first kappa shape index (κ1) is 37.3. The Hall–Kier alpha value is -9.56. The fourth-order valence-electron chi connectivity index (χ4n) is 12.3. The molecule has 4 aromatic heterocycles. The van der Waals surface area contributed by atoms with Crippen LogP contribution in [0.3, 0.4) is 0 Å². The normalized spacial score (nSPS) is 12.8. The SMILES string of the molecule is [2H]c1c([2H])c([2H])c2c3cccc4c3c3c(cccc3n4-c3c([N+]#[C-])c(-c4ccccc4)c(C#N)c(-n4c5c(ccc6c7ccccc7sc65)c5c(-c6ccccc6)cc6c7ccccc7sc6c54)c3-c3ccccc3)c2c1[2H]. The van der Waals surface area contributed by atoms with Gasteiger partial charge in [0.2, 0.25) is 5.69 Å². The van der Waals surface area contributed by atoms with Crippen LogP contribution in [0.4, 0.5) is 5.69 Å².